The van der Waals surface area contributed by atoms with Gasteiger partial charge in [0.05, 0.1) is 5.56 Å². The van der Waals surface area contributed by atoms with Crippen molar-refractivity contribution in [3.8, 4) is 5.75 Å². The Labute approximate surface area is 116 Å². The monoisotopic (exact) mass is 283 g/mol. The summed E-state index contributed by atoms with van der Waals surface area (Å²) in [7, 11) is 0. The van der Waals surface area contributed by atoms with Gasteiger partial charge in [-0.3, -0.25) is 0 Å². The topological polar surface area (TPSA) is 78.6 Å². The molecule has 0 spiro atoms. The van der Waals surface area contributed by atoms with Crippen LogP contribution < -0.4 is 10.5 Å². The van der Waals surface area contributed by atoms with Crippen LogP contribution in [0, 0.1) is 5.82 Å². The van der Waals surface area contributed by atoms with E-state index in [-0.39, 0.29) is 11.3 Å². The van der Waals surface area contributed by atoms with Crippen molar-refractivity contribution in [3.63, 3.8) is 0 Å². The minimum Gasteiger partial charge on any atom is -0.456 e. The third-order valence-corrected chi connectivity index (χ3v) is 2.15. The molecule has 0 aromatic heterocycles. The zero-order valence-electron chi connectivity index (χ0n) is 11.9. The molecule has 2 N–H and O–H groups in total. The van der Waals surface area contributed by atoms with Gasteiger partial charge in [0.1, 0.15) is 23.2 Å². The highest BCUT2D eigenvalue weighted by molar-refractivity contribution is 5.90. The molecule has 0 amide bonds. The Bertz CT molecular complexity index is 520. The van der Waals surface area contributed by atoms with Crippen LogP contribution in [0.3, 0.4) is 0 Å². The van der Waals surface area contributed by atoms with Crippen LogP contribution >= 0.6 is 0 Å². The maximum absolute atomic E-state index is 13.8. The molecule has 0 aliphatic heterocycles. The van der Waals surface area contributed by atoms with Gasteiger partial charge < -0.3 is 15.2 Å². The van der Waals surface area contributed by atoms with Crippen molar-refractivity contribution in [3.05, 3.63) is 29.6 Å². The van der Waals surface area contributed by atoms with E-state index in [1.54, 1.807) is 20.8 Å². The molecule has 1 rings (SSSR count). The molecule has 0 unspecified atom stereocenters. The molecule has 0 saturated heterocycles. The van der Waals surface area contributed by atoms with Crippen LogP contribution in [0.15, 0.2) is 18.2 Å². The summed E-state index contributed by atoms with van der Waals surface area (Å²) in [6, 6.07) is 2.64. The second-order valence-electron chi connectivity index (χ2n) is 5.35. The minimum atomic E-state index is -0.825. The van der Waals surface area contributed by atoms with E-state index in [0.717, 1.165) is 6.07 Å². The summed E-state index contributed by atoms with van der Waals surface area (Å²) in [6.45, 7) is 6.50. The Hall–Kier alpha value is -1.95. The summed E-state index contributed by atoms with van der Waals surface area (Å²) >= 11 is 0. The highest BCUT2D eigenvalue weighted by Crippen LogP contribution is 2.20. The van der Waals surface area contributed by atoms with Crippen molar-refractivity contribution in [2.75, 3.05) is 0 Å². The number of esters is 2. The van der Waals surface area contributed by atoms with Crippen LogP contribution in [0.25, 0.3) is 0 Å². The van der Waals surface area contributed by atoms with Crippen LogP contribution in [0.1, 0.15) is 38.1 Å². The number of rotatable bonds is 3. The van der Waals surface area contributed by atoms with Gasteiger partial charge in [-0.1, -0.05) is 0 Å². The van der Waals surface area contributed by atoms with E-state index in [4.69, 9.17) is 15.2 Å². The quantitative estimate of drug-likeness (QED) is 0.678. The fourth-order valence-corrected chi connectivity index (χ4v) is 1.27. The van der Waals surface area contributed by atoms with Crippen LogP contribution in [-0.4, -0.2) is 23.6 Å². The molecule has 0 bridgehead atoms. The maximum atomic E-state index is 13.8. The predicted octanol–water partition coefficient (Wildman–Crippen LogP) is 2.03. The molecule has 0 fully saturated rings. The lowest BCUT2D eigenvalue weighted by atomic mass is 10.1. The first kappa shape index (κ1) is 16.1. The van der Waals surface area contributed by atoms with Gasteiger partial charge in [0.25, 0.3) is 0 Å². The predicted molar refractivity (Wildman–Crippen MR) is 70.9 cm³/mol. The number of carbonyl (C=O) groups is 2. The van der Waals surface area contributed by atoms with Crippen LogP contribution in [-0.2, 0) is 9.53 Å². The number of ether oxygens (including phenoxy) is 2. The fourth-order valence-electron chi connectivity index (χ4n) is 1.27. The molecule has 0 aliphatic carbocycles. The van der Waals surface area contributed by atoms with E-state index in [2.05, 4.69) is 0 Å². The normalized spacial score (nSPS) is 12.7. The van der Waals surface area contributed by atoms with Crippen LogP contribution in [0.4, 0.5) is 4.39 Å². The standard InChI is InChI=1S/C14H18FNO4/c1-8(16)12(17)19-9-5-6-10(11(15)7-9)13(18)20-14(2,3)4/h5-8H,16H2,1-4H3/t8-/m0/s1. The number of benzene rings is 1. The van der Waals surface area contributed by atoms with Crippen molar-refractivity contribution in [1.82, 2.24) is 0 Å². The first-order chi connectivity index (χ1) is 9.10. The van der Waals surface area contributed by atoms with E-state index in [9.17, 15) is 14.0 Å². The Morgan fingerprint density at radius 3 is 2.35 bits per heavy atom. The van der Waals surface area contributed by atoms with Crippen molar-refractivity contribution >= 4 is 11.9 Å². The lowest BCUT2D eigenvalue weighted by Gasteiger charge is -2.19. The summed E-state index contributed by atoms with van der Waals surface area (Å²) in [4.78, 5) is 23.0. The molecular formula is C14H18FNO4. The van der Waals surface area contributed by atoms with Crippen LogP contribution in [0.5, 0.6) is 5.75 Å². The number of hydrogen-bond acceptors (Lipinski definition) is 5. The molecule has 0 saturated carbocycles. The van der Waals surface area contributed by atoms with Gasteiger partial charge in [-0.05, 0) is 39.8 Å². The molecule has 20 heavy (non-hydrogen) atoms. The van der Waals surface area contributed by atoms with Crippen molar-refractivity contribution in [1.29, 1.82) is 0 Å². The van der Waals surface area contributed by atoms with Crippen molar-refractivity contribution in [2.24, 2.45) is 5.73 Å². The van der Waals surface area contributed by atoms with Crippen LogP contribution in [0.2, 0.25) is 0 Å². The maximum Gasteiger partial charge on any atom is 0.341 e. The average Bonchev–Trinajstić information content (AvgIpc) is 2.26. The van der Waals surface area contributed by atoms with Gasteiger partial charge in [0.15, 0.2) is 0 Å². The smallest absolute Gasteiger partial charge is 0.341 e. The van der Waals surface area contributed by atoms with Gasteiger partial charge in [-0.2, -0.15) is 0 Å². The van der Waals surface area contributed by atoms with Crippen molar-refractivity contribution in [2.45, 2.75) is 39.3 Å². The first-order valence-corrected chi connectivity index (χ1v) is 6.10. The number of hydrogen-bond donors (Lipinski definition) is 1. The Balaban J connectivity index is 2.88. The molecule has 1 aromatic carbocycles. The molecular weight excluding hydrogens is 265 g/mol. The zero-order valence-corrected chi connectivity index (χ0v) is 11.9. The Morgan fingerprint density at radius 2 is 1.90 bits per heavy atom. The fraction of sp³-hybridized carbons (Fsp3) is 0.429. The molecule has 6 heteroatoms. The third kappa shape index (κ3) is 4.62. The Kier molecular flexibility index (Phi) is 4.83. The Morgan fingerprint density at radius 1 is 1.30 bits per heavy atom. The average molecular weight is 283 g/mol. The number of nitrogens with two attached hydrogens (primary N) is 1. The van der Waals surface area contributed by atoms with Crippen molar-refractivity contribution < 1.29 is 23.5 Å². The SMILES string of the molecule is C[C@H](N)C(=O)Oc1ccc(C(=O)OC(C)(C)C)c(F)c1. The lowest BCUT2D eigenvalue weighted by molar-refractivity contribution is -0.135. The lowest BCUT2D eigenvalue weighted by Crippen LogP contribution is -2.31. The minimum absolute atomic E-state index is 0.0166. The summed E-state index contributed by atoms with van der Waals surface area (Å²) < 4.78 is 23.7. The van der Waals surface area contributed by atoms with E-state index < -0.39 is 29.4 Å². The molecule has 0 aliphatic rings. The number of carbonyl (C=O) groups excluding carboxylic acids is 2. The van der Waals surface area contributed by atoms with Gasteiger partial charge in [-0.15, -0.1) is 0 Å². The second-order valence-corrected chi connectivity index (χ2v) is 5.35. The van der Waals surface area contributed by atoms with E-state index in [1.807, 2.05) is 0 Å². The molecule has 1 atom stereocenters. The third-order valence-electron chi connectivity index (χ3n) is 2.15. The molecule has 0 radical (unpaired) electrons. The first-order valence-electron chi connectivity index (χ1n) is 6.10. The van der Waals surface area contributed by atoms with E-state index in [1.165, 1.54) is 19.1 Å². The second kappa shape index (κ2) is 6.00. The number of halogens is 1. The van der Waals surface area contributed by atoms with E-state index in [0.29, 0.717) is 0 Å². The summed E-state index contributed by atoms with van der Waals surface area (Å²) in [6.07, 6.45) is 0. The highest BCUT2D eigenvalue weighted by Gasteiger charge is 2.21. The molecule has 1 aromatic rings. The van der Waals surface area contributed by atoms with E-state index >= 15 is 0 Å². The highest BCUT2D eigenvalue weighted by atomic mass is 19.1. The molecule has 110 valence electrons. The molecule has 0 heterocycles. The molecule has 5 nitrogen and oxygen atoms in total. The van der Waals surface area contributed by atoms with Gasteiger partial charge >= 0.3 is 11.9 Å². The summed E-state index contributed by atoms with van der Waals surface area (Å²) in [5.41, 5.74) is 4.39. The summed E-state index contributed by atoms with van der Waals surface area (Å²) in [5.74, 6) is -2.30. The van der Waals surface area contributed by atoms with Gasteiger partial charge in [0, 0.05) is 6.07 Å². The van der Waals surface area contributed by atoms with Gasteiger partial charge in [0.2, 0.25) is 0 Å². The zero-order chi connectivity index (χ0) is 15.5. The largest absolute Gasteiger partial charge is 0.456 e. The van der Waals surface area contributed by atoms with Gasteiger partial charge in [-0.25, -0.2) is 14.0 Å². The summed E-state index contributed by atoms with van der Waals surface area (Å²) in [5, 5.41) is 0.